The van der Waals surface area contributed by atoms with Gasteiger partial charge in [-0.1, -0.05) is 36.7 Å². The molecule has 0 heterocycles. The van der Waals surface area contributed by atoms with Gasteiger partial charge in [-0.25, -0.2) is 0 Å². The molecule has 0 atom stereocenters. The van der Waals surface area contributed by atoms with Gasteiger partial charge in [0.1, 0.15) is 12.4 Å². The van der Waals surface area contributed by atoms with Crippen LogP contribution in [0.15, 0.2) is 36.4 Å². The predicted molar refractivity (Wildman–Crippen MR) is 84.2 cm³/mol. The van der Waals surface area contributed by atoms with E-state index in [9.17, 15) is 0 Å². The average Bonchev–Trinajstić information content (AvgIpc) is 2.47. The Morgan fingerprint density at radius 2 is 1.90 bits per heavy atom. The molecule has 106 valence electrons. The fourth-order valence-corrected chi connectivity index (χ4v) is 2.37. The topological polar surface area (TPSA) is 35.2 Å². The number of aryl methyl sites for hydroxylation is 2. The molecule has 0 fully saturated rings. The molecule has 2 aromatic rings. The molecule has 0 aliphatic heterocycles. The Hall–Kier alpha value is -1.51. The Morgan fingerprint density at radius 1 is 1.10 bits per heavy atom. The van der Waals surface area contributed by atoms with E-state index in [-0.39, 0.29) is 0 Å². The van der Waals surface area contributed by atoms with Gasteiger partial charge in [-0.15, -0.1) is 0 Å². The monoisotopic (exact) mass is 289 g/mol. The van der Waals surface area contributed by atoms with Gasteiger partial charge in [-0.2, -0.15) is 0 Å². The second kappa shape index (κ2) is 6.78. The van der Waals surface area contributed by atoms with Gasteiger partial charge >= 0.3 is 0 Å². The predicted octanol–water partition coefficient (Wildman–Crippen LogP) is 4.25. The number of rotatable bonds is 5. The summed E-state index contributed by atoms with van der Waals surface area (Å²) in [6, 6.07) is 12.0. The molecule has 20 heavy (non-hydrogen) atoms. The van der Waals surface area contributed by atoms with Gasteiger partial charge in [-0.05, 0) is 53.8 Å². The van der Waals surface area contributed by atoms with E-state index in [1.807, 2.05) is 24.3 Å². The number of hydrogen-bond donors (Lipinski definition) is 1. The number of benzene rings is 2. The van der Waals surface area contributed by atoms with Gasteiger partial charge in [0.15, 0.2) is 0 Å². The quantitative estimate of drug-likeness (QED) is 0.893. The lowest BCUT2D eigenvalue weighted by atomic mass is 10.1. The van der Waals surface area contributed by atoms with Gasteiger partial charge in [-0.3, -0.25) is 0 Å². The van der Waals surface area contributed by atoms with Gasteiger partial charge in [0.2, 0.25) is 0 Å². The van der Waals surface area contributed by atoms with Crippen molar-refractivity contribution in [3.8, 4) is 5.75 Å². The first-order chi connectivity index (χ1) is 9.63. The van der Waals surface area contributed by atoms with Crippen molar-refractivity contribution >= 4 is 11.6 Å². The Bertz CT molecular complexity index is 596. The molecule has 0 saturated heterocycles. The molecule has 0 radical (unpaired) electrons. The van der Waals surface area contributed by atoms with Crippen LogP contribution in [0.5, 0.6) is 5.75 Å². The summed E-state index contributed by atoms with van der Waals surface area (Å²) in [7, 11) is 0. The minimum absolute atomic E-state index is 0.557. The molecule has 0 aromatic heterocycles. The molecule has 0 spiro atoms. The molecule has 2 aromatic carbocycles. The summed E-state index contributed by atoms with van der Waals surface area (Å²) in [6.07, 6.45) is 0.903. The van der Waals surface area contributed by atoms with Crippen molar-refractivity contribution in [2.45, 2.75) is 33.4 Å². The summed E-state index contributed by atoms with van der Waals surface area (Å²) in [5.74, 6) is 0.855. The summed E-state index contributed by atoms with van der Waals surface area (Å²) >= 11 is 6.10. The molecular formula is C17H20ClNO. The molecule has 0 aliphatic rings. The molecule has 0 saturated carbocycles. The highest BCUT2D eigenvalue weighted by atomic mass is 35.5. The number of nitrogens with two attached hydrogens (primary N) is 1. The summed E-state index contributed by atoms with van der Waals surface area (Å²) in [6.45, 7) is 5.29. The van der Waals surface area contributed by atoms with E-state index in [1.165, 1.54) is 11.1 Å². The highest BCUT2D eigenvalue weighted by Crippen LogP contribution is 2.23. The number of ether oxygens (including phenoxy) is 1. The first kappa shape index (κ1) is 14.9. The van der Waals surface area contributed by atoms with E-state index in [1.54, 1.807) is 0 Å². The van der Waals surface area contributed by atoms with E-state index in [0.29, 0.717) is 13.2 Å². The zero-order valence-corrected chi connectivity index (χ0v) is 12.7. The number of halogens is 1. The van der Waals surface area contributed by atoms with Crippen LogP contribution in [0.2, 0.25) is 5.02 Å². The van der Waals surface area contributed by atoms with Crippen molar-refractivity contribution < 1.29 is 4.74 Å². The van der Waals surface area contributed by atoms with Crippen LogP contribution < -0.4 is 10.5 Å². The van der Waals surface area contributed by atoms with Crippen LogP contribution in [0.3, 0.4) is 0 Å². The fraction of sp³-hybridized carbons (Fsp3) is 0.294. The van der Waals surface area contributed by atoms with Crippen LogP contribution in [0.4, 0.5) is 0 Å². The van der Waals surface area contributed by atoms with E-state index in [2.05, 4.69) is 26.0 Å². The maximum absolute atomic E-state index is 6.10. The van der Waals surface area contributed by atoms with E-state index in [0.717, 1.165) is 28.3 Å². The van der Waals surface area contributed by atoms with Gasteiger partial charge < -0.3 is 10.5 Å². The van der Waals surface area contributed by atoms with Crippen molar-refractivity contribution in [1.82, 2.24) is 0 Å². The van der Waals surface area contributed by atoms with Gasteiger partial charge in [0.25, 0.3) is 0 Å². The molecular weight excluding hydrogens is 270 g/mol. The molecule has 0 bridgehead atoms. The fourth-order valence-electron chi connectivity index (χ4n) is 2.12. The lowest BCUT2D eigenvalue weighted by Gasteiger charge is -2.11. The zero-order valence-electron chi connectivity index (χ0n) is 11.9. The zero-order chi connectivity index (χ0) is 14.5. The van der Waals surface area contributed by atoms with Crippen LogP contribution >= 0.6 is 11.6 Å². The maximum Gasteiger partial charge on any atom is 0.120 e. The lowest BCUT2D eigenvalue weighted by molar-refractivity contribution is 0.305. The molecule has 2 nitrogen and oxygen atoms in total. The smallest absolute Gasteiger partial charge is 0.120 e. The molecule has 0 amide bonds. The van der Waals surface area contributed by atoms with Crippen molar-refractivity contribution in [2.24, 2.45) is 5.73 Å². The van der Waals surface area contributed by atoms with Crippen LogP contribution in [0.1, 0.15) is 29.2 Å². The summed E-state index contributed by atoms with van der Waals surface area (Å²) < 4.78 is 5.85. The third kappa shape index (κ3) is 3.53. The Balaban J connectivity index is 2.08. The summed E-state index contributed by atoms with van der Waals surface area (Å²) in [5, 5.41) is 0.795. The normalized spacial score (nSPS) is 10.6. The van der Waals surface area contributed by atoms with Crippen molar-refractivity contribution in [2.75, 3.05) is 0 Å². The lowest BCUT2D eigenvalue weighted by Crippen LogP contribution is -2.01. The van der Waals surface area contributed by atoms with Crippen LogP contribution in [-0.4, -0.2) is 0 Å². The van der Waals surface area contributed by atoms with Gasteiger partial charge in [0, 0.05) is 11.6 Å². The van der Waals surface area contributed by atoms with E-state index < -0.39 is 0 Å². The molecule has 2 N–H and O–H groups in total. The molecule has 2 rings (SSSR count). The van der Waals surface area contributed by atoms with E-state index >= 15 is 0 Å². The van der Waals surface area contributed by atoms with Crippen LogP contribution in [0, 0.1) is 6.92 Å². The standard InChI is InChI=1S/C17H20ClNO/c1-3-14-9-16(6-7-17(14)18)20-11-15-5-4-13(10-19)8-12(15)2/h4-9H,3,10-11,19H2,1-2H3. The van der Waals surface area contributed by atoms with Crippen molar-refractivity contribution in [3.63, 3.8) is 0 Å². The largest absolute Gasteiger partial charge is 0.489 e. The molecule has 0 aliphatic carbocycles. The maximum atomic E-state index is 6.10. The highest BCUT2D eigenvalue weighted by Gasteiger charge is 2.04. The first-order valence-corrected chi connectivity index (χ1v) is 7.21. The average molecular weight is 290 g/mol. The minimum Gasteiger partial charge on any atom is -0.489 e. The first-order valence-electron chi connectivity index (χ1n) is 6.83. The Labute approximate surface area is 125 Å². The van der Waals surface area contributed by atoms with E-state index in [4.69, 9.17) is 22.1 Å². The Kier molecular flexibility index (Phi) is 5.05. The highest BCUT2D eigenvalue weighted by molar-refractivity contribution is 6.31. The van der Waals surface area contributed by atoms with Gasteiger partial charge in [0.05, 0.1) is 0 Å². The van der Waals surface area contributed by atoms with Crippen molar-refractivity contribution in [3.05, 3.63) is 63.7 Å². The Morgan fingerprint density at radius 3 is 2.55 bits per heavy atom. The number of hydrogen-bond acceptors (Lipinski definition) is 2. The third-order valence-corrected chi connectivity index (χ3v) is 3.80. The third-order valence-electron chi connectivity index (χ3n) is 3.44. The second-order valence-electron chi connectivity index (χ2n) is 4.86. The minimum atomic E-state index is 0.557. The van der Waals surface area contributed by atoms with Crippen LogP contribution in [-0.2, 0) is 19.6 Å². The summed E-state index contributed by atoms with van der Waals surface area (Å²) in [5.41, 5.74) is 10.3. The SMILES string of the molecule is CCc1cc(OCc2ccc(CN)cc2C)ccc1Cl. The van der Waals surface area contributed by atoms with Crippen molar-refractivity contribution in [1.29, 1.82) is 0 Å². The van der Waals surface area contributed by atoms with Crippen LogP contribution in [0.25, 0.3) is 0 Å². The molecule has 0 unspecified atom stereocenters. The second-order valence-corrected chi connectivity index (χ2v) is 5.27. The molecule has 3 heteroatoms. The summed E-state index contributed by atoms with van der Waals surface area (Å²) in [4.78, 5) is 0.